The van der Waals surface area contributed by atoms with E-state index < -0.39 is 0 Å². The van der Waals surface area contributed by atoms with Crippen molar-refractivity contribution < 1.29 is 9.59 Å². The van der Waals surface area contributed by atoms with Crippen LogP contribution in [0.1, 0.15) is 55.1 Å². The van der Waals surface area contributed by atoms with E-state index in [9.17, 15) is 9.59 Å². The van der Waals surface area contributed by atoms with E-state index in [1.54, 1.807) is 0 Å². The SMILES string of the molecule is O=C(CC1CNC(=O)c2cc(-c3cccc(Cl)c3)cn21)NC1CCCCC1. The fourth-order valence-electron chi connectivity index (χ4n) is 4.11. The van der Waals surface area contributed by atoms with E-state index in [-0.39, 0.29) is 17.9 Å². The Morgan fingerprint density at radius 3 is 2.78 bits per heavy atom. The van der Waals surface area contributed by atoms with Gasteiger partial charge in [-0.1, -0.05) is 43.0 Å². The third-order valence-corrected chi connectivity index (χ3v) is 5.76. The summed E-state index contributed by atoms with van der Waals surface area (Å²) in [5, 5.41) is 6.74. The fourth-order valence-corrected chi connectivity index (χ4v) is 4.30. The highest BCUT2D eigenvalue weighted by Crippen LogP contribution is 2.29. The predicted octanol–water partition coefficient (Wildman–Crippen LogP) is 3.93. The van der Waals surface area contributed by atoms with Gasteiger partial charge >= 0.3 is 0 Å². The Bertz CT molecular complexity index is 855. The van der Waals surface area contributed by atoms with E-state index in [1.165, 1.54) is 19.3 Å². The predicted molar refractivity (Wildman–Crippen MR) is 106 cm³/mol. The molecule has 1 aromatic carbocycles. The van der Waals surface area contributed by atoms with Gasteiger partial charge < -0.3 is 15.2 Å². The van der Waals surface area contributed by atoms with Crippen molar-refractivity contribution in [1.82, 2.24) is 15.2 Å². The number of carbonyl (C=O) groups excluding carboxylic acids is 2. The van der Waals surface area contributed by atoms with E-state index in [4.69, 9.17) is 11.6 Å². The number of hydrogen-bond donors (Lipinski definition) is 2. The van der Waals surface area contributed by atoms with Crippen molar-refractivity contribution in [2.45, 2.75) is 50.6 Å². The number of amides is 2. The molecule has 2 N–H and O–H groups in total. The van der Waals surface area contributed by atoms with Gasteiger partial charge in [0.1, 0.15) is 5.69 Å². The summed E-state index contributed by atoms with van der Waals surface area (Å²) in [7, 11) is 0. The standard InChI is InChI=1S/C21H24ClN3O2/c22-16-6-4-5-14(9-16)15-10-19-21(27)23-12-18(25(19)13-15)11-20(26)24-17-7-2-1-3-8-17/h4-6,9-10,13,17-18H,1-3,7-8,11-12H2,(H,23,27)(H,24,26). The second-order valence-electron chi connectivity index (χ2n) is 7.50. The van der Waals surface area contributed by atoms with E-state index in [0.717, 1.165) is 24.0 Å². The highest BCUT2D eigenvalue weighted by atomic mass is 35.5. The van der Waals surface area contributed by atoms with E-state index >= 15 is 0 Å². The molecule has 1 aliphatic heterocycles. The van der Waals surface area contributed by atoms with Crippen molar-refractivity contribution in [2.24, 2.45) is 0 Å². The Kier molecular flexibility index (Phi) is 5.21. The third kappa shape index (κ3) is 4.03. The number of halogens is 1. The summed E-state index contributed by atoms with van der Waals surface area (Å²) in [4.78, 5) is 24.8. The van der Waals surface area contributed by atoms with Crippen LogP contribution in [0.15, 0.2) is 36.5 Å². The van der Waals surface area contributed by atoms with Gasteiger partial charge in [-0.25, -0.2) is 0 Å². The van der Waals surface area contributed by atoms with Crippen LogP contribution in [0, 0.1) is 0 Å². The minimum atomic E-state index is -0.104. The van der Waals surface area contributed by atoms with Crippen molar-refractivity contribution in [3.8, 4) is 11.1 Å². The van der Waals surface area contributed by atoms with Gasteiger partial charge in [0.15, 0.2) is 0 Å². The van der Waals surface area contributed by atoms with Crippen molar-refractivity contribution in [1.29, 1.82) is 0 Å². The monoisotopic (exact) mass is 385 g/mol. The summed E-state index contributed by atoms with van der Waals surface area (Å²) in [6.07, 6.45) is 8.11. The van der Waals surface area contributed by atoms with E-state index in [2.05, 4.69) is 10.6 Å². The zero-order valence-electron chi connectivity index (χ0n) is 15.2. The molecule has 2 heterocycles. The van der Waals surface area contributed by atoms with Crippen LogP contribution in [0.25, 0.3) is 11.1 Å². The molecule has 2 aromatic rings. The molecule has 2 aliphatic rings. The van der Waals surface area contributed by atoms with Gasteiger partial charge in [-0.2, -0.15) is 0 Å². The summed E-state index contributed by atoms with van der Waals surface area (Å²) in [6.45, 7) is 0.466. The quantitative estimate of drug-likeness (QED) is 0.837. The van der Waals surface area contributed by atoms with Crippen LogP contribution in [0.5, 0.6) is 0 Å². The molecule has 0 spiro atoms. The van der Waals surface area contributed by atoms with Gasteiger partial charge in [0.25, 0.3) is 5.91 Å². The van der Waals surface area contributed by atoms with Crippen molar-refractivity contribution in [3.63, 3.8) is 0 Å². The van der Waals surface area contributed by atoms with Gasteiger partial charge in [0, 0.05) is 35.8 Å². The maximum Gasteiger partial charge on any atom is 0.268 e. The van der Waals surface area contributed by atoms with Crippen LogP contribution in [0.4, 0.5) is 0 Å². The van der Waals surface area contributed by atoms with Crippen molar-refractivity contribution >= 4 is 23.4 Å². The molecular weight excluding hydrogens is 362 g/mol. The lowest BCUT2D eigenvalue weighted by Crippen LogP contribution is -2.42. The second-order valence-corrected chi connectivity index (χ2v) is 7.94. The summed E-state index contributed by atoms with van der Waals surface area (Å²) < 4.78 is 1.94. The van der Waals surface area contributed by atoms with Crippen molar-refractivity contribution in [2.75, 3.05) is 6.54 Å². The van der Waals surface area contributed by atoms with Crippen LogP contribution in [0.3, 0.4) is 0 Å². The molecular formula is C21H24ClN3O2. The minimum Gasteiger partial charge on any atom is -0.353 e. The van der Waals surface area contributed by atoms with Crippen LogP contribution >= 0.6 is 11.6 Å². The molecule has 1 saturated carbocycles. The first kappa shape index (κ1) is 18.1. The zero-order chi connectivity index (χ0) is 18.8. The fraction of sp³-hybridized carbons (Fsp3) is 0.429. The molecule has 0 bridgehead atoms. The average molecular weight is 386 g/mol. The van der Waals surface area contributed by atoms with Gasteiger partial charge in [0.2, 0.25) is 5.91 Å². The average Bonchev–Trinajstić information content (AvgIpc) is 3.12. The first-order chi connectivity index (χ1) is 13.1. The third-order valence-electron chi connectivity index (χ3n) is 5.52. The summed E-state index contributed by atoms with van der Waals surface area (Å²) >= 11 is 6.10. The number of hydrogen-bond acceptors (Lipinski definition) is 2. The van der Waals surface area contributed by atoms with Crippen LogP contribution in [-0.2, 0) is 4.79 Å². The normalized spacial score (nSPS) is 20.0. The lowest BCUT2D eigenvalue weighted by molar-refractivity contribution is -0.122. The Balaban J connectivity index is 1.52. The molecule has 27 heavy (non-hydrogen) atoms. The van der Waals surface area contributed by atoms with Crippen molar-refractivity contribution in [3.05, 3.63) is 47.2 Å². The number of carbonyl (C=O) groups is 2. The van der Waals surface area contributed by atoms with Gasteiger partial charge in [-0.05, 0) is 36.6 Å². The van der Waals surface area contributed by atoms with Crippen LogP contribution in [-0.4, -0.2) is 29.0 Å². The number of nitrogens with zero attached hydrogens (tertiary/aromatic N) is 1. The molecule has 0 radical (unpaired) electrons. The number of rotatable bonds is 4. The van der Waals surface area contributed by atoms with Crippen LogP contribution < -0.4 is 10.6 Å². The molecule has 1 fully saturated rings. The topological polar surface area (TPSA) is 63.1 Å². The Hall–Kier alpha value is -2.27. The van der Waals surface area contributed by atoms with Crippen LogP contribution in [0.2, 0.25) is 5.02 Å². The molecule has 4 rings (SSSR count). The molecule has 1 unspecified atom stereocenters. The lowest BCUT2D eigenvalue weighted by Gasteiger charge is -2.28. The summed E-state index contributed by atoms with van der Waals surface area (Å²) in [5.74, 6) is -0.0424. The number of aromatic nitrogens is 1. The maximum absolute atomic E-state index is 12.5. The zero-order valence-corrected chi connectivity index (χ0v) is 16.0. The molecule has 142 valence electrons. The highest BCUT2D eigenvalue weighted by molar-refractivity contribution is 6.30. The Labute approximate surface area is 164 Å². The smallest absolute Gasteiger partial charge is 0.268 e. The Morgan fingerprint density at radius 2 is 2.00 bits per heavy atom. The number of nitrogens with one attached hydrogen (secondary N) is 2. The highest BCUT2D eigenvalue weighted by Gasteiger charge is 2.28. The molecule has 1 aromatic heterocycles. The first-order valence-corrected chi connectivity index (χ1v) is 10.0. The maximum atomic E-state index is 12.5. The van der Waals surface area contributed by atoms with Gasteiger partial charge in [-0.15, -0.1) is 0 Å². The van der Waals surface area contributed by atoms with Gasteiger partial charge in [0.05, 0.1) is 6.04 Å². The Morgan fingerprint density at radius 1 is 1.19 bits per heavy atom. The summed E-state index contributed by atoms with van der Waals surface area (Å²) in [5.41, 5.74) is 2.48. The molecule has 1 aliphatic carbocycles. The lowest BCUT2D eigenvalue weighted by atomic mass is 9.95. The molecule has 2 amide bonds. The second kappa shape index (κ2) is 7.77. The van der Waals surface area contributed by atoms with Gasteiger partial charge in [-0.3, -0.25) is 9.59 Å². The molecule has 6 heteroatoms. The summed E-state index contributed by atoms with van der Waals surface area (Å²) in [6, 6.07) is 9.66. The molecule has 1 atom stereocenters. The largest absolute Gasteiger partial charge is 0.353 e. The minimum absolute atomic E-state index is 0.0620. The molecule has 5 nitrogen and oxygen atoms in total. The number of fused-ring (bicyclic) bond motifs is 1. The van der Waals surface area contributed by atoms with E-state index in [1.807, 2.05) is 41.1 Å². The van der Waals surface area contributed by atoms with E-state index in [0.29, 0.717) is 29.7 Å². The number of benzene rings is 1. The molecule has 0 saturated heterocycles. The first-order valence-electron chi connectivity index (χ1n) is 9.65.